The van der Waals surface area contributed by atoms with Crippen LogP contribution in [0.15, 0.2) is 76.6 Å². The summed E-state index contributed by atoms with van der Waals surface area (Å²) in [5.41, 5.74) is 3.42. The Balaban J connectivity index is 1.35. The normalized spacial score (nSPS) is 14.4. The molecular weight excluding hydrogens is 436 g/mol. The number of para-hydroxylation sites is 1. The van der Waals surface area contributed by atoms with Crippen molar-refractivity contribution in [2.45, 2.75) is 17.5 Å². The van der Waals surface area contributed by atoms with Crippen molar-refractivity contribution >= 4 is 34.3 Å². The Kier molecular flexibility index (Phi) is 6.66. The van der Waals surface area contributed by atoms with Gasteiger partial charge in [0.05, 0.1) is 13.2 Å². The van der Waals surface area contributed by atoms with E-state index in [0.717, 1.165) is 55.0 Å². The molecule has 1 aliphatic heterocycles. The summed E-state index contributed by atoms with van der Waals surface area (Å²) >= 11 is 1.47. The first-order valence-corrected chi connectivity index (χ1v) is 11.9. The molecular formula is C25H24N4O3S. The second-order valence-corrected chi connectivity index (χ2v) is 8.71. The smallest absolute Gasteiger partial charge is 0.291 e. The molecule has 8 heteroatoms. The van der Waals surface area contributed by atoms with Gasteiger partial charge in [-0.25, -0.2) is 9.97 Å². The number of benzene rings is 2. The first-order valence-electron chi connectivity index (χ1n) is 10.9. The summed E-state index contributed by atoms with van der Waals surface area (Å²) < 4.78 is 11.4. The molecule has 33 heavy (non-hydrogen) atoms. The van der Waals surface area contributed by atoms with Crippen LogP contribution in [0, 0.1) is 0 Å². The molecule has 168 valence electrons. The molecule has 1 aliphatic rings. The van der Waals surface area contributed by atoms with E-state index in [9.17, 15) is 4.79 Å². The number of hydrogen-bond acceptors (Lipinski definition) is 7. The fourth-order valence-corrected chi connectivity index (χ4v) is 4.71. The second kappa shape index (κ2) is 10.2. The third-order valence-corrected chi connectivity index (χ3v) is 6.39. The predicted octanol–water partition coefficient (Wildman–Crippen LogP) is 4.60. The lowest BCUT2D eigenvalue weighted by Crippen LogP contribution is -2.35. The summed E-state index contributed by atoms with van der Waals surface area (Å²) in [6, 6.07) is 17.4. The van der Waals surface area contributed by atoms with Gasteiger partial charge in [-0.1, -0.05) is 42.1 Å². The number of ether oxygens (including phenoxy) is 1. The number of fused-ring (bicyclic) bond motifs is 1. The first-order chi connectivity index (χ1) is 16.3. The SMILES string of the molecule is O=C(Nc1cccc(CN2CCOCC2)c1)c1oc2ccccc2c1CSc1ncccn1. The highest BCUT2D eigenvalue weighted by Crippen LogP contribution is 2.31. The highest BCUT2D eigenvalue weighted by atomic mass is 32.2. The molecule has 1 N–H and O–H groups in total. The third kappa shape index (κ3) is 5.24. The highest BCUT2D eigenvalue weighted by molar-refractivity contribution is 7.98. The average Bonchev–Trinajstić information content (AvgIpc) is 3.23. The molecule has 1 saturated heterocycles. The molecule has 0 unspecified atom stereocenters. The van der Waals surface area contributed by atoms with Crippen LogP contribution in [0.2, 0.25) is 0 Å². The minimum absolute atomic E-state index is 0.265. The molecule has 2 aromatic carbocycles. The largest absolute Gasteiger partial charge is 0.451 e. The van der Waals surface area contributed by atoms with Crippen LogP contribution in [0.3, 0.4) is 0 Å². The molecule has 1 amide bonds. The lowest BCUT2D eigenvalue weighted by Gasteiger charge is -2.26. The first kappa shape index (κ1) is 21.6. The van der Waals surface area contributed by atoms with Gasteiger partial charge < -0.3 is 14.5 Å². The molecule has 3 heterocycles. The van der Waals surface area contributed by atoms with Crippen molar-refractivity contribution in [3.05, 3.63) is 83.9 Å². The molecule has 0 radical (unpaired) electrons. The summed E-state index contributed by atoms with van der Waals surface area (Å²) in [6.45, 7) is 4.19. The fourth-order valence-electron chi connectivity index (χ4n) is 3.87. The summed E-state index contributed by atoms with van der Waals surface area (Å²) in [5, 5.41) is 4.60. The van der Waals surface area contributed by atoms with Crippen LogP contribution in [0.5, 0.6) is 0 Å². The molecule has 4 aromatic rings. The van der Waals surface area contributed by atoms with Gasteiger partial charge >= 0.3 is 0 Å². The molecule has 1 fully saturated rings. The van der Waals surface area contributed by atoms with Crippen LogP contribution in [-0.4, -0.2) is 47.1 Å². The van der Waals surface area contributed by atoms with Crippen molar-refractivity contribution in [2.75, 3.05) is 31.6 Å². The molecule has 2 aromatic heterocycles. The lowest BCUT2D eigenvalue weighted by molar-refractivity contribution is 0.0342. The number of nitrogens with zero attached hydrogens (tertiary/aromatic N) is 3. The molecule has 7 nitrogen and oxygen atoms in total. The Labute approximate surface area is 196 Å². The number of hydrogen-bond donors (Lipinski definition) is 1. The number of rotatable bonds is 7. The van der Waals surface area contributed by atoms with E-state index >= 15 is 0 Å². The number of carbonyl (C=O) groups is 1. The maximum Gasteiger partial charge on any atom is 0.291 e. The Morgan fingerprint density at radius 1 is 1.03 bits per heavy atom. The third-order valence-electron chi connectivity index (χ3n) is 5.49. The summed E-state index contributed by atoms with van der Waals surface area (Å²) in [4.78, 5) is 24.1. The molecule has 0 aliphatic carbocycles. The summed E-state index contributed by atoms with van der Waals surface area (Å²) in [7, 11) is 0. The molecule has 0 bridgehead atoms. The van der Waals surface area contributed by atoms with Gasteiger partial charge in [0.2, 0.25) is 0 Å². The van der Waals surface area contributed by atoms with Crippen molar-refractivity contribution < 1.29 is 13.9 Å². The van der Waals surface area contributed by atoms with Crippen LogP contribution in [0.25, 0.3) is 11.0 Å². The predicted molar refractivity (Wildman–Crippen MR) is 128 cm³/mol. The van der Waals surface area contributed by atoms with E-state index in [-0.39, 0.29) is 5.91 Å². The highest BCUT2D eigenvalue weighted by Gasteiger charge is 2.21. The summed E-state index contributed by atoms with van der Waals surface area (Å²) in [6.07, 6.45) is 3.42. The molecule has 5 rings (SSSR count). The van der Waals surface area contributed by atoms with E-state index in [1.807, 2.05) is 42.5 Å². The molecule has 0 atom stereocenters. The van der Waals surface area contributed by atoms with Crippen molar-refractivity contribution in [2.24, 2.45) is 0 Å². The van der Waals surface area contributed by atoms with Crippen LogP contribution < -0.4 is 5.32 Å². The van der Waals surface area contributed by atoms with Crippen LogP contribution in [0.4, 0.5) is 5.69 Å². The zero-order chi connectivity index (χ0) is 22.5. The fraction of sp³-hybridized carbons (Fsp3) is 0.240. The van der Waals surface area contributed by atoms with E-state index in [1.54, 1.807) is 18.5 Å². The minimum atomic E-state index is -0.265. The van der Waals surface area contributed by atoms with Gasteiger partial charge in [0.25, 0.3) is 5.91 Å². The number of anilines is 1. The van der Waals surface area contributed by atoms with Gasteiger partial charge in [-0.3, -0.25) is 9.69 Å². The number of nitrogens with one attached hydrogen (secondary N) is 1. The Morgan fingerprint density at radius 3 is 2.70 bits per heavy atom. The van der Waals surface area contributed by atoms with E-state index in [2.05, 4.69) is 26.3 Å². The lowest BCUT2D eigenvalue weighted by atomic mass is 10.1. The van der Waals surface area contributed by atoms with Crippen molar-refractivity contribution in [1.82, 2.24) is 14.9 Å². The number of furan rings is 1. The standard InChI is InChI=1S/C25H24N4O3S/c30-24(28-19-6-3-5-18(15-19)16-29-11-13-31-14-12-29)23-21(17-33-25-26-9-4-10-27-25)20-7-1-2-8-22(20)32-23/h1-10,15H,11-14,16-17H2,(H,28,30). The van der Waals surface area contributed by atoms with Crippen LogP contribution in [-0.2, 0) is 17.0 Å². The molecule has 0 saturated carbocycles. The van der Waals surface area contributed by atoms with Gasteiger partial charge in [-0.2, -0.15) is 0 Å². The number of morpholine rings is 1. The van der Waals surface area contributed by atoms with E-state index in [1.165, 1.54) is 11.8 Å². The second-order valence-electron chi connectivity index (χ2n) is 7.77. The average molecular weight is 461 g/mol. The zero-order valence-corrected chi connectivity index (χ0v) is 18.9. The summed E-state index contributed by atoms with van der Waals surface area (Å²) in [5.74, 6) is 0.582. The van der Waals surface area contributed by atoms with E-state index in [0.29, 0.717) is 22.3 Å². The Hall–Kier alpha value is -3.20. The van der Waals surface area contributed by atoms with Gasteiger partial charge in [-0.05, 0) is 29.8 Å². The quantitative estimate of drug-likeness (QED) is 0.319. The minimum Gasteiger partial charge on any atom is -0.451 e. The Morgan fingerprint density at radius 2 is 1.85 bits per heavy atom. The topological polar surface area (TPSA) is 80.5 Å². The van der Waals surface area contributed by atoms with E-state index < -0.39 is 0 Å². The van der Waals surface area contributed by atoms with Crippen molar-refractivity contribution in [3.63, 3.8) is 0 Å². The van der Waals surface area contributed by atoms with Crippen molar-refractivity contribution in [1.29, 1.82) is 0 Å². The number of carbonyl (C=O) groups excluding carboxylic acids is 1. The zero-order valence-electron chi connectivity index (χ0n) is 18.1. The number of amides is 1. The van der Waals surface area contributed by atoms with Crippen LogP contribution in [0.1, 0.15) is 21.7 Å². The Bertz CT molecular complexity index is 1240. The maximum atomic E-state index is 13.2. The van der Waals surface area contributed by atoms with E-state index in [4.69, 9.17) is 9.15 Å². The maximum absolute atomic E-state index is 13.2. The van der Waals surface area contributed by atoms with Gasteiger partial charge in [0.1, 0.15) is 5.58 Å². The number of thioether (sulfide) groups is 1. The van der Waals surface area contributed by atoms with Crippen molar-refractivity contribution in [3.8, 4) is 0 Å². The van der Waals surface area contributed by atoms with Gasteiger partial charge in [-0.15, -0.1) is 0 Å². The number of aromatic nitrogens is 2. The van der Waals surface area contributed by atoms with Gasteiger partial charge in [0.15, 0.2) is 10.9 Å². The monoisotopic (exact) mass is 460 g/mol. The van der Waals surface area contributed by atoms with Gasteiger partial charge in [0, 0.05) is 54.4 Å². The molecule has 0 spiro atoms. The van der Waals surface area contributed by atoms with Crippen LogP contribution >= 0.6 is 11.8 Å².